The van der Waals surface area contributed by atoms with Crippen LogP contribution in [0.3, 0.4) is 0 Å². The number of allylic oxidation sites excluding steroid dienone is 4. The second-order valence-electron chi connectivity index (χ2n) is 9.12. The molecule has 3 heteroatoms. The van der Waals surface area contributed by atoms with Gasteiger partial charge in [-0.1, -0.05) is 37.7 Å². The summed E-state index contributed by atoms with van der Waals surface area (Å²) in [5, 5.41) is 22.4. The van der Waals surface area contributed by atoms with Gasteiger partial charge in [-0.15, -0.1) is 0 Å². The molecule has 0 amide bonds. The van der Waals surface area contributed by atoms with Crippen LogP contribution in [-0.4, -0.2) is 10.9 Å². The van der Waals surface area contributed by atoms with Crippen molar-refractivity contribution in [2.45, 2.75) is 52.4 Å². The largest absolute Gasteiger partial charge is 0.411 e. The molecule has 4 aliphatic carbocycles. The number of fused-ring (bicyclic) bond motifs is 5. The second-order valence-corrected chi connectivity index (χ2v) is 9.12. The molecule has 4 rings (SSSR count). The average Bonchev–Trinajstić information content (AvgIpc) is 2.80. The molecule has 0 radical (unpaired) electrons. The fraction of sp³-hybridized carbons (Fsp3) is 0.636. The molecule has 6 atom stereocenters. The number of rotatable bonds is 0. The summed E-state index contributed by atoms with van der Waals surface area (Å²) in [6.07, 6.45) is 8.55. The van der Waals surface area contributed by atoms with E-state index < -0.39 is 0 Å². The first-order valence-corrected chi connectivity index (χ1v) is 9.56. The van der Waals surface area contributed by atoms with Crippen molar-refractivity contribution < 1.29 is 5.21 Å². The van der Waals surface area contributed by atoms with Crippen LogP contribution in [0, 0.1) is 45.8 Å². The van der Waals surface area contributed by atoms with Gasteiger partial charge in [-0.3, -0.25) is 0 Å². The topological polar surface area (TPSA) is 56.4 Å². The fourth-order valence-electron chi connectivity index (χ4n) is 6.87. The third-order valence-corrected chi connectivity index (χ3v) is 8.24. The van der Waals surface area contributed by atoms with Crippen molar-refractivity contribution >= 4 is 5.71 Å². The predicted octanol–water partition coefficient (Wildman–Crippen LogP) is 5.25. The number of nitrogens with zero attached hydrogens (tertiary/aromatic N) is 2. The maximum Gasteiger partial charge on any atom is 0.0795 e. The van der Waals surface area contributed by atoms with Gasteiger partial charge in [0, 0.05) is 0 Å². The summed E-state index contributed by atoms with van der Waals surface area (Å²) in [5.41, 5.74) is 4.64. The molecular weight excluding hydrogens is 308 g/mol. The van der Waals surface area contributed by atoms with Crippen LogP contribution in [0.5, 0.6) is 0 Å². The van der Waals surface area contributed by atoms with Crippen molar-refractivity contribution in [2.75, 3.05) is 0 Å². The van der Waals surface area contributed by atoms with Crippen molar-refractivity contribution in [3.63, 3.8) is 0 Å². The lowest BCUT2D eigenvalue weighted by Gasteiger charge is -2.57. The first-order valence-electron chi connectivity index (χ1n) is 9.56. The van der Waals surface area contributed by atoms with Gasteiger partial charge >= 0.3 is 0 Å². The van der Waals surface area contributed by atoms with E-state index in [-0.39, 0.29) is 16.7 Å². The van der Waals surface area contributed by atoms with Crippen LogP contribution < -0.4 is 0 Å². The molecule has 3 nitrogen and oxygen atoms in total. The van der Waals surface area contributed by atoms with Crippen LogP contribution in [-0.2, 0) is 0 Å². The van der Waals surface area contributed by atoms with Crippen LogP contribution in [0.2, 0.25) is 0 Å². The Labute approximate surface area is 150 Å². The maximum absolute atomic E-state index is 9.75. The van der Waals surface area contributed by atoms with Crippen LogP contribution >= 0.6 is 0 Å². The number of hydrogen-bond acceptors (Lipinski definition) is 3. The van der Waals surface area contributed by atoms with E-state index in [9.17, 15) is 5.26 Å². The Morgan fingerprint density at radius 3 is 2.64 bits per heavy atom. The molecule has 1 N–H and O–H groups in total. The summed E-state index contributed by atoms with van der Waals surface area (Å²) in [7, 11) is 0. The first-order chi connectivity index (χ1) is 11.9. The molecule has 0 heterocycles. The molecule has 3 saturated carbocycles. The standard InChI is InChI=1S/C22H28N2O/c1-13-14(2)20-17-6-5-15-11-16(24-25)7-9-21(15,3)18(17)8-10-22(20,4)19(13)12-23/h11,17-20,25H,1-2,5-10H2,3-4H3/t17-,18-,19?,20+,21+,22-/m1/s1. The zero-order chi connectivity index (χ0) is 18.0. The highest BCUT2D eigenvalue weighted by Gasteiger charge is 2.61. The van der Waals surface area contributed by atoms with Crippen molar-refractivity contribution in [1.29, 1.82) is 5.26 Å². The van der Waals surface area contributed by atoms with Crippen molar-refractivity contribution in [1.82, 2.24) is 0 Å². The monoisotopic (exact) mass is 336 g/mol. The highest BCUT2D eigenvalue weighted by atomic mass is 16.4. The van der Waals surface area contributed by atoms with Gasteiger partial charge < -0.3 is 5.21 Å². The lowest BCUT2D eigenvalue weighted by molar-refractivity contribution is -0.0305. The van der Waals surface area contributed by atoms with Gasteiger partial charge in [0.1, 0.15) is 0 Å². The van der Waals surface area contributed by atoms with Gasteiger partial charge in [0.2, 0.25) is 0 Å². The van der Waals surface area contributed by atoms with Crippen LogP contribution in [0.4, 0.5) is 0 Å². The molecular formula is C22H28N2O. The molecule has 132 valence electrons. The van der Waals surface area contributed by atoms with Gasteiger partial charge in [0.05, 0.1) is 17.7 Å². The van der Waals surface area contributed by atoms with Gasteiger partial charge in [-0.05, 0) is 84.3 Å². The normalized spacial score (nSPS) is 47.6. The third kappa shape index (κ3) is 2.00. The SMILES string of the molecule is C=C1C(=C)[C@H]2[C@@H]3CCC4=CC(=NO)CC[C@]4(C)[C@@H]3CC[C@]2(C)C1C#N. The molecule has 1 unspecified atom stereocenters. The Hall–Kier alpha value is -1.82. The Balaban J connectivity index is 1.74. The predicted molar refractivity (Wildman–Crippen MR) is 99.1 cm³/mol. The smallest absolute Gasteiger partial charge is 0.0795 e. The van der Waals surface area contributed by atoms with Crippen LogP contribution in [0.1, 0.15) is 52.4 Å². The summed E-state index contributed by atoms with van der Waals surface area (Å²) < 4.78 is 0. The van der Waals surface area contributed by atoms with Crippen molar-refractivity contribution in [2.24, 2.45) is 39.7 Å². The lowest BCUT2D eigenvalue weighted by Crippen LogP contribution is -2.50. The van der Waals surface area contributed by atoms with Crippen molar-refractivity contribution in [3.05, 3.63) is 36.0 Å². The third-order valence-electron chi connectivity index (χ3n) is 8.24. The molecule has 0 aliphatic heterocycles. The fourth-order valence-corrected chi connectivity index (χ4v) is 6.87. The zero-order valence-electron chi connectivity index (χ0n) is 15.4. The summed E-state index contributed by atoms with van der Waals surface area (Å²) in [6, 6.07) is 2.54. The molecule has 0 aromatic carbocycles. The second kappa shape index (κ2) is 5.34. The van der Waals surface area contributed by atoms with E-state index in [1.807, 2.05) is 0 Å². The van der Waals surface area contributed by atoms with Gasteiger partial charge in [0.25, 0.3) is 0 Å². The minimum Gasteiger partial charge on any atom is -0.411 e. The number of oxime groups is 1. The van der Waals surface area contributed by atoms with Gasteiger partial charge in [-0.25, -0.2) is 0 Å². The van der Waals surface area contributed by atoms with Gasteiger partial charge in [0.15, 0.2) is 0 Å². The number of hydrogen-bond donors (Lipinski definition) is 1. The van der Waals surface area contributed by atoms with E-state index in [2.05, 4.69) is 44.3 Å². The highest BCUT2D eigenvalue weighted by Crippen LogP contribution is 2.68. The Kier molecular flexibility index (Phi) is 3.55. The quantitative estimate of drug-likeness (QED) is 0.485. The highest BCUT2D eigenvalue weighted by molar-refractivity contribution is 5.96. The van der Waals surface area contributed by atoms with E-state index in [1.54, 1.807) is 0 Å². The summed E-state index contributed by atoms with van der Waals surface area (Å²) in [5.74, 6) is 1.55. The average molecular weight is 336 g/mol. The number of nitriles is 1. The Bertz CT molecular complexity index is 754. The lowest BCUT2D eigenvalue weighted by atomic mass is 9.46. The molecule has 0 saturated heterocycles. The Morgan fingerprint density at radius 2 is 1.96 bits per heavy atom. The van der Waals surface area contributed by atoms with E-state index in [1.165, 1.54) is 12.0 Å². The molecule has 0 aromatic heterocycles. The molecule has 0 spiro atoms. The van der Waals surface area contributed by atoms with E-state index >= 15 is 0 Å². The molecule has 25 heavy (non-hydrogen) atoms. The maximum atomic E-state index is 9.75. The zero-order valence-corrected chi connectivity index (χ0v) is 15.4. The van der Waals surface area contributed by atoms with Gasteiger partial charge in [-0.2, -0.15) is 5.26 Å². The first kappa shape index (κ1) is 16.6. The summed E-state index contributed by atoms with van der Waals surface area (Å²) in [4.78, 5) is 0. The minimum absolute atomic E-state index is 0.00798. The molecule has 0 aromatic rings. The summed E-state index contributed by atoms with van der Waals surface area (Å²) >= 11 is 0. The van der Waals surface area contributed by atoms with Crippen molar-refractivity contribution in [3.8, 4) is 6.07 Å². The van der Waals surface area contributed by atoms with Crippen LogP contribution in [0.25, 0.3) is 0 Å². The van der Waals surface area contributed by atoms with Crippen LogP contribution in [0.15, 0.2) is 41.1 Å². The summed E-state index contributed by atoms with van der Waals surface area (Å²) in [6.45, 7) is 13.3. The van der Waals surface area contributed by atoms with E-state index in [0.29, 0.717) is 17.8 Å². The van der Waals surface area contributed by atoms with E-state index in [0.717, 1.165) is 49.0 Å². The van der Waals surface area contributed by atoms with E-state index in [4.69, 9.17) is 5.21 Å². The molecule has 0 bridgehead atoms. The molecule has 3 fully saturated rings. The molecule has 4 aliphatic rings. The Morgan fingerprint density at radius 1 is 1.20 bits per heavy atom. The minimum atomic E-state index is -0.0739.